The quantitative estimate of drug-likeness (QED) is 0.233. The average Bonchev–Trinajstić information content (AvgIpc) is 3.32. The molecule has 5 heterocycles. The molecule has 4 aliphatic rings. The maximum atomic E-state index is 13.7. The Morgan fingerprint density at radius 2 is 1.77 bits per heavy atom. The Balaban J connectivity index is 0.942. The van der Waals surface area contributed by atoms with E-state index < -0.39 is 34.8 Å². The molecule has 4 amide bonds. The molecule has 2 aromatic heterocycles. The van der Waals surface area contributed by atoms with E-state index in [4.69, 9.17) is 22.2 Å². The first-order chi connectivity index (χ1) is 26.5. The van der Waals surface area contributed by atoms with Gasteiger partial charge in [-0.3, -0.25) is 39.3 Å². The minimum absolute atomic E-state index is 0.0422. The number of alkyl halides is 3. The van der Waals surface area contributed by atoms with Gasteiger partial charge in [0.05, 0.1) is 53.6 Å². The third-order valence-corrected chi connectivity index (χ3v) is 12.0. The number of carbonyl (C=O) groups is 4. The number of likely N-dealkylation sites (tertiary alicyclic amines) is 1. The van der Waals surface area contributed by atoms with Crippen LogP contribution in [0.25, 0.3) is 0 Å². The number of amides is 4. The van der Waals surface area contributed by atoms with Crippen LogP contribution in [0.2, 0.25) is 0 Å². The minimum Gasteiger partial charge on any atom is -0.378 e. The fourth-order valence-electron chi connectivity index (χ4n) is 8.74. The highest BCUT2D eigenvalue weighted by Gasteiger charge is 2.53. The molecule has 17 heteroatoms. The highest BCUT2D eigenvalue weighted by atomic mass is 32.1. The molecule has 0 spiro atoms. The molecule has 6 rings (SSSR count). The van der Waals surface area contributed by atoms with Gasteiger partial charge in [0.1, 0.15) is 11.6 Å². The lowest BCUT2D eigenvalue weighted by molar-refractivity contribution is -0.138. The maximum Gasteiger partial charge on any atom is 0.419 e. The van der Waals surface area contributed by atoms with Gasteiger partial charge in [-0.2, -0.15) is 18.4 Å². The highest BCUT2D eigenvalue weighted by molar-refractivity contribution is 7.80. The summed E-state index contributed by atoms with van der Waals surface area (Å²) in [6, 6.07) is 5.93. The number of pyridine rings is 2. The lowest BCUT2D eigenvalue weighted by atomic mass is 9.85. The van der Waals surface area contributed by atoms with E-state index in [1.807, 2.05) is 4.90 Å². The van der Waals surface area contributed by atoms with Crippen LogP contribution in [0, 0.1) is 17.2 Å². The van der Waals surface area contributed by atoms with Gasteiger partial charge in [0.25, 0.3) is 5.91 Å². The molecular formula is C39H47F3N8O5S. The van der Waals surface area contributed by atoms with Crippen molar-refractivity contribution in [1.29, 1.82) is 5.26 Å². The molecule has 300 valence electrons. The zero-order chi connectivity index (χ0) is 40.5. The third-order valence-electron chi connectivity index (χ3n) is 11.6. The summed E-state index contributed by atoms with van der Waals surface area (Å²) in [5.74, 6) is -1.28. The number of piperidine rings is 2. The molecule has 56 heavy (non-hydrogen) atoms. The number of anilines is 2. The van der Waals surface area contributed by atoms with Gasteiger partial charge in [0, 0.05) is 31.2 Å². The summed E-state index contributed by atoms with van der Waals surface area (Å²) in [4.78, 5) is 63.4. The van der Waals surface area contributed by atoms with Crippen LogP contribution in [0.4, 0.5) is 24.5 Å². The predicted molar refractivity (Wildman–Crippen MR) is 203 cm³/mol. The van der Waals surface area contributed by atoms with Crippen molar-refractivity contribution in [2.24, 2.45) is 5.92 Å². The molecular weight excluding hydrogens is 750 g/mol. The zero-order valence-corrected chi connectivity index (χ0v) is 32.7. The number of ether oxygens (including phenoxy) is 1. The maximum absolute atomic E-state index is 13.7. The molecule has 0 bridgehead atoms. The van der Waals surface area contributed by atoms with Crippen LogP contribution in [0.3, 0.4) is 0 Å². The molecule has 3 aliphatic heterocycles. The molecule has 4 atom stereocenters. The van der Waals surface area contributed by atoms with Gasteiger partial charge in [-0.25, -0.2) is 4.98 Å². The number of rotatable bonds is 10. The number of carbonyl (C=O) groups excluding carboxylic acids is 4. The molecule has 2 aromatic rings. The molecule has 1 aliphatic carbocycles. The number of hydrogen-bond acceptors (Lipinski definition) is 10. The summed E-state index contributed by atoms with van der Waals surface area (Å²) in [5.41, 5.74) is -2.09. The Labute approximate surface area is 329 Å². The van der Waals surface area contributed by atoms with Crippen LogP contribution in [0.5, 0.6) is 0 Å². The smallest absolute Gasteiger partial charge is 0.378 e. The van der Waals surface area contributed by atoms with Crippen LogP contribution in [-0.2, 0) is 30.1 Å². The Hall–Kier alpha value is -4.53. The minimum atomic E-state index is -4.82. The van der Waals surface area contributed by atoms with Crippen LogP contribution in [-0.4, -0.2) is 91.4 Å². The van der Waals surface area contributed by atoms with E-state index in [2.05, 4.69) is 39.3 Å². The summed E-state index contributed by atoms with van der Waals surface area (Å²) < 4.78 is 47.4. The zero-order valence-electron chi connectivity index (χ0n) is 31.9. The van der Waals surface area contributed by atoms with E-state index in [1.165, 1.54) is 12.3 Å². The Kier molecular flexibility index (Phi) is 12.1. The first-order valence-electron chi connectivity index (χ1n) is 19.1. The second kappa shape index (κ2) is 16.5. The van der Waals surface area contributed by atoms with Gasteiger partial charge in [-0.05, 0) is 115 Å². The molecule has 13 nitrogen and oxygen atoms in total. The van der Waals surface area contributed by atoms with Crippen molar-refractivity contribution in [3.8, 4) is 6.07 Å². The number of nitrogens with one attached hydrogen (secondary N) is 2. The molecule has 2 N–H and O–H groups in total. The van der Waals surface area contributed by atoms with Gasteiger partial charge < -0.3 is 15.0 Å². The number of imide groups is 1. The van der Waals surface area contributed by atoms with Crippen LogP contribution in [0.15, 0.2) is 30.6 Å². The molecule has 0 radical (unpaired) electrons. The van der Waals surface area contributed by atoms with Crippen molar-refractivity contribution in [3.63, 3.8) is 0 Å². The normalized spacial score (nSPS) is 27.2. The first kappa shape index (κ1) is 41.1. The van der Waals surface area contributed by atoms with Gasteiger partial charge in [-0.15, -0.1) is 0 Å². The third kappa shape index (κ3) is 8.72. The van der Waals surface area contributed by atoms with E-state index >= 15 is 0 Å². The number of hydrogen-bond donors (Lipinski definition) is 2. The second-order valence-corrected chi connectivity index (χ2v) is 16.2. The molecule has 0 aromatic carbocycles. The van der Waals surface area contributed by atoms with Crippen molar-refractivity contribution >= 4 is 52.3 Å². The van der Waals surface area contributed by atoms with Crippen molar-refractivity contribution in [3.05, 3.63) is 47.5 Å². The van der Waals surface area contributed by atoms with Crippen molar-refractivity contribution < 1.29 is 37.1 Å². The van der Waals surface area contributed by atoms with Gasteiger partial charge in [0.15, 0.2) is 10.8 Å². The average molecular weight is 797 g/mol. The van der Waals surface area contributed by atoms with Crippen molar-refractivity contribution in [2.45, 2.75) is 127 Å². The monoisotopic (exact) mass is 796 g/mol. The lowest BCUT2D eigenvalue weighted by Crippen LogP contribution is -2.51. The fourth-order valence-corrected chi connectivity index (χ4v) is 9.31. The number of aromatic nitrogens is 2. The standard InChI is InChI=1S/C39H47F3N8O5S/c1-22-15-24(16-23(2)48(22)21-34(52)46-25-5-11-31(44-19-25)29-10-12-33(51)47-35(29)53)13-14-55-28-8-6-26(7-9-28)50-37(56)49(36(54)38(50,3)4)27-17-30(39(40,41)42)32(18-43)45-20-27/h5,11,17,19-20,22-24,26,28-29H,6-10,12-16,21H2,1-4H3,(H,46,52)(H,47,51,53)/t22-,23+,24?,26-,28-,29?. The summed E-state index contributed by atoms with van der Waals surface area (Å²) >= 11 is 5.71. The van der Waals surface area contributed by atoms with Gasteiger partial charge in [0.2, 0.25) is 17.7 Å². The van der Waals surface area contributed by atoms with Crippen LogP contribution >= 0.6 is 12.2 Å². The van der Waals surface area contributed by atoms with Gasteiger partial charge >= 0.3 is 6.18 Å². The summed E-state index contributed by atoms with van der Waals surface area (Å²) in [6.07, 6.45) is 4.16. The van der Waals surface area contributed by atoms with Crippen LogP contribution < -0.4 is 15.5 Å². The summed E-state index contributed by atoms with van der Waals surface area (Å²) in [7, 11) is 0. The predicted octanol–water partition coefficient (Wildman–Crippen LogP) is 5.44. The van der Waals surface area contributed by atoms with E-state index in [1.54, 1.807) is 26.0 Å². The Morgan fingerprint density at radius 3 is 2.38 bits per heavy atom. The Bertz CT molecular complexity index is 1880. The summed E-state index contributed by atoms with van der Waals surface area (Å²) in [6.45, 7) is 8.55. The lowest BCUT2D eigenvalue weighted by Gasteiger charge is -2.42. The van der Waals surface area contributed by atoms with E-state index in [0.717, 1.165) is 49.3 Å². The Morgan fingerprint density at radius 1 is 1.07 bits per heavy atom. The van der Waals surface area contributed by atoms with E-state index in [9.17, 15) is 32.3 Å². The SMILES string of the molecule is C[C@@H]1CC(CCO[C@H]2CC[C@H](N3C(=S)N(c4cnc(C#N)c(C(F)(F)F)c4)C(=O)C3(C)C)CC2)C[C@H](C)N1CC(=O)Nc1ccc(C2CCC(=O)NC2=O)nc1. The van der Waals surface area contributed by atoms with Crippen molar-refractivity contribution in [2.75, 3.05) is 23.4 Å². The number of nitriles is 1. The first-order valence-corrected chi connectivity index (χ1v) is 19.5. The van der Waals surface area contributed by atoms with Crippen LogP contribution in [0.1, 0.15) is 108 Å². The van der Waals surface area contributed by atoms with E-state index in [0.29, 0.717) is 43.2 Å². The largest absolute Gasteiger partial charge is 0.419 e. The highest BCUT2D eigenvalue weighted by Crippen LogP contribution is 2.40. The summed E-state index contributed by atoms with van der Waals surface area (Å²) in [5, 5.41) is 14.5. The molecule has 4 fully saturated rings. The molecule has 3 saturated heterocycles. The number of thiocarbonyl (C=S) groups is 1. The van der Waals surface area contributed by atoms with Gasteiger partial charge in [-0.1, -0.05) is 0 Å². The topological polar surface area (TPSA) is 161 Å². The number of halogens is 3. The van der Waals surface area contributed by atoms with Crippen molar-refractivity contribution in [1.82, 2.24) is 25.1 Å². The second-order valence-electron chi connectivity index (χ2n) is 15.9. The fraction of sp³-hybridized carbons (Fsp3) is 0.590. The number of nitrogens with zero attached hydrogens (tertiary/aromatic N) is 6. The van der Waals surface area contributed by atoms with E-state index in [-0.39, 0.29) is 65.7 Å². The molecule has 1 saturated carbocycles. The molecule has 2 unspecified atom stereocenters.